The molecular formula is C17H26N2O2. The third-order valence-corrected chi connectivity index (χ3v) is 4.07. The summed E-state index contributed by atoms with van der Waals surface area (Å²) in [5.41, 5.74) is 0.669. The van der Waals surface area contributed by atoms with Crippen molar-refractivity contribution >= 4 is 5.78 Å². The molecule has 1 heterocycles. The summed E-state index contributed by atoms with van der Waals surface area (Å²) < 4.78 is 5.80. The Balaban J connectivity index is 1.77. The molecule has 1 fully saturated rings. The Kier molecular flexibility index (Phi) is 5.76. The highest BCUT2D eigenvalue weighted by Crippen LogP contribution is 2.18. The highest BCUT2D eigenvalue weighted by atomic mass is 16.5. The molecule has 1 saturated heterocycles. The van der Waals surface area contributed by atoms with Crippen LogP contribution in [0.4, 0.5) is 0 Å². The predicted molar refractivity (Wildman–Crippen MR) is 85.1 cm³/mol. The van der Waals surface area contributed by atoms with Crippen LogP contribution in [0.5, 0.6) is 5.75 Å². The summed E-state index contributed by atoms with van der Waals surface area (Å²) >= 11 is 0. The Morgan fingerprint density at radius 1 is 1.19 bits per heavy atom. The molecule has 0 saturated carbocycles. The number of benzene rings is 1. The summed E-state index contributed by atoms with van der Waals surface area (Å²) in [6.07, 6.45) is 0. The number of Topliss-reactive ketones (excluding diaryl/α,β-unsaturated/α-hetero) is 1. The van der Waals surface area contributed by atoms with Gasteiger partial charge in [-0.25, -0.2) is 0 Å². The Morgan fingerprint density at radius 2 is 1.86 bits per heavy atom. The summed E-state index contributed by atoms with van der Waals surface area (Å²) in [6, 6.07) is 8.09. The van der Waals surface area contributed by atoms with E-state index in [0.717, 1.165) is 32.7 Å². The van der Waals surface area contributed by atoms with Gasteiger partial charge in [0.25, 0.3) is 0 Å². The third-order valence-electron chi connectivity index (χ3n) is 4.07. The molecule has 1 aromatic rings. The van der Waals surface area contributed by atoms with Crippen molar-refractivity contribution < 1.29 is 9.53 Å². The zero-order chi connectivity index (χ0) is 15.2. The van der Waals surface area contributed by atoms with Gasteiger partial charge in [0.15, 0.2) is 5.78 Å². The van der Waals surface area contributed by atoms with Gasteiger partial charge in [0.2, 0.25) is 0 Å². The van der Waals surface area contributed by atoms with Crippen LogP contribution in [0.15, 0.2) is 24.3 Å². The van der Waals surface area contributed by atoms with Crippen LogP contribution in [0.3, 0.4) is 0 Å². The summed E-state index contributed by atoms with van der Waals surface area (Å²) in [7, 11) is 0. The molecule has 0 aliphatic carbocycles. The van der Waals surface area contributed by atoms with Crippen molar-refractivity contribution in [3.05, 3.63) is 29.8 Å². The van der Waals surface area contributed by atoms with Gasteiger partial charge in [-0.1, -0.05) is 12.1 Å². The first-order valence-corrected chi connectivity index (χ1v) is 7.77. The fourth-order valence-corrected chi connectivity index (χ4v) is 2.67. The lowest BCUT2D eigenvalue weighted by Crippen LogP contribution is -2.49. The molecule has 0 N–H and O–H groups in total. The van der Waals surface area contributed by atoms with Gasteiger partial charge in [-0.05, 0) is 32.9 Å². The van der Waals surface area contributed by atoms with Gasteiger partial charge in [-0.2, -0.15) is 0 Å². The molecule has 21 heavy (non-hydrogen) atoms. The molecule has 2 rings (SSSR count). The zero-order valence-electron chi connectivity index (χ0n) is 13.3. The minimum atomic E-state index is 0.0520. The van der Waals surface area contributed by atoms with Crippen molar-refractivity contribution in [3.63, 3.8) is 0 Å². The molecule has 0 radical (unpaired) electrons. The van der Waals surface area contributed by atoms with E-state index in [4.69, 9.17) is 4.74 Å². The maximum atomic E-state index is 11.5. The summed E-state index contributed by atoms with van der Waals surface area (Å²) in [5, 5.41) is 0. The van der Waals surface area contributed by atoms with Crippen LogP contribution < -0.4 is 4.74 Å². The lowest BCUT2D eigenvalue weighted by Gasteiger charge is -2.36. The maximum Gasteiger partial charge on any atom is 0.163 e. The first kappa shape index (κ1) is 16.0. The number of piperazine rings is 1. The predicted octanol–water partition coefficient (Wildman–Crippen LogP) is 2.29. The topological polar surface area (TPSA) is 32.8 Å². The maximum absolute atomic E-state index is 11.5. The van der Waals surface area contributed by atoms with E-state index in [1.807, 2.05) is 24.3 Å². The number of carbonyl (C=O) groups is 1. The van der Waals surface area contributed by atoms with Crippen molar-refractivity contribution in [1.29, 1.82) is 0 Å². The second kappa shape index (κ2) is 7.57. The van der Waals surface area contributed by atoms with E-state index < -0.39 is 0 Å². The average molecular weight is 290 g/mol. The fraction of sp³-hybridized carbons (Fsp3) is 0.588. The summed E-state index contributed by atoms with van der Waals surface area (Å²) in [6.45, 7) is 12.1. The Morgan fingerprint density at radius 3 is 2.48 bits per heavy atom. The van der Waals surface area contributed by atoms with Crippen LogP contribution in [-0.2, 0) is 0 Å². The molecule has 0 aromatic heterocycles. The Hall–Kier alpha value is -1.39. The van der Waals surface area contributed by atoms with E-state index in [-0.39, 0.29) is 5.78 Å². The quantitative estimate of drug-likeness (QED) is 0.753. The van der Waals surface area contributed by atoms with Crippen LogP contribution >= 0.6 is 0 Å². The molecule has 0 spiro atoms. The van der Waals surface area contributed by atoms with Crippen LogP contribution in [-0.4, -0.2) is 61.0 Å². The van der Waals surface area contributed by atoms with Crippen molar-refractivity contribution in [3.8, 4) is 5.75 Å². The number of hydrogen-bond donors (Lipinski definition) is 0. The number of nitrogens with zero attached hydrogens (tertiary/aromatic N) is 2. The van der Waals surface area contributed by atoms with Crippen molar-refractivity contribution in [1.82, 2.24) is 9.80 Å². The van der Waals surface area contributed by atoms with Gasteiger partial charge in [-0.15, -0.1) is 0 Å². The molecule has 0 atom stereocenters. The van der Waals surface area contributed by atoms with E-state index >= 15 is 0 Å². The first-order chi connectivity index (χ1) is 10.1. The molecule has 0 amide bonds. The second-order valence-corrected chi connectivity index (χ2v) is 5.87. The van der Waals surface area contributed by atoms with E-state index in [0.29, 0.717) is 24.0 Å². The average Bonchev–Trinajstić information content (AvgIpc) is 2.48. The monoisotopic (exact) mass is 290 g/mol. The smallest absolute Gasteiger partial charge is 0.163 e. The van der Waals surface area contributed by atoms with E-state index in [9.17, 15) is 4.79 Å². The second-order valence-electron chi connectivity index (χ2n) is 5.87. The van der Waals surface area contributed by atoms with Crippen molar-refractivity contribution in [2.24, 2.45) is 0 Å². The largest absolute Gasteiger partial charge is 0.491 e. The minimum Gasteiger partial charge on any atom is -0.491 e. The number of carbonyl (C=O) groups excluding carboxylic acids is 1. The normalized spacial score (nSPS) is 17.1. The van der Waals surface area contributed by atoms with Gasteiger partial charge >= 0.3 is 0 Å². The molecule has 1 aliphatic heterocycles. The molecular weight excluding hydrogens is 264 g/mol. The van der Waals surface area contributed by atoms with Gasteiger partial charge in [0, 0.05) is 38.8 Å². The summed E-state index contributed by atoms with van der Waals surface area (Å²) in [5.74, 6) is 0.752. The fourth-order valence-electron chi connectivity index (χ4n) is 2.67. The highest BCUT2D eigenvalue weighted by molar-refractivity contribution is 5.96. The van der Waals surface area contributed by atoms with E-state index in [1.165, 1.54) is 0 Å². The van der Waals surface area contributed by atoms with Crippen molar-refractivity contribution in [2.75, 3.05) is 39.3 Å². The molecule has 1 aromatic carbocycles. The third kappa shape index (κ3) is 4.55. The van der Waals surface area contributed by atoms with Crippen LogP contribution in [0.1, 0.15) is 31.1 Å². The SMILES string of the molecule is CC(=O)c1ccccc1OCCN1CCN(C(C)C)CC1. The number of ketones is 1. The Labute approximate surface area is 127 Å². The first-order valence-electron chi connectivity index (χ1n) is 7.77. The molecule has 4 nitrogen and oxygen atoms in total. The zero-order valence-corrected chi connectivity index (χ0v) is 13.3. The van der Waals surface area contributed by atoms with Gasteiger partial charge in [-0.3, -0.25) is 14.6 Å². The number of ether oxygens (including phenoxy) is 1. The molecule has 116 valence electrons. The van der Waals surface area contributed by atoms with Crippen molar-refractivity contribution in [2.45, 2.75) is 26.8 Å². The Bertz CT molecular complexity index is 466. The van der Waals surface area contributed by atoms with E-state index in [2.05, 4.69) is 23.6 Å². The van der Waals surface area contributed by atoms with Gasteiger partial charge in [0.05, 0.1) is 5.56 Å². The standard InChI is InChI=1S/C17H26N2O2/c1-14(2)19-10-8-18(9-11-19)12-13-21-17-7-5-4-6-16(17)15(3)20/h4-7,14H,8-13H2,1-3H3. The van der Waals surface area contributed by atoms with E-state index in [1.54, 1.807) is 6.92 Å². The minimum absolute atomic E-state index is 0.0520. The van der Waals surface area contributed by atoms with Gasteiger partial charge < -0.3 is 4.74 Å². The van der Waals surface area contributed by atoms with Crippen LogP contribution in [0, 0.1) is 0 Å². The molecule has 0 unspecified atom stereocenters. The molecule has 0 bridgehead atoms. The summed E-state index contributed by atoms with van der Waals surface area (Å²) in [4.78, 5) is 16.5. The number of rotatable bonds is 6. The lowest BCUT2D eigenvalue weighted by atomic mass is 10.1. The highest BCUT2D eigenvalue weighted by Gasteiger charge is 2.18. The van der Waals surface area contributed by atoms with Crippen LogP contribution in [0.25, 0.3) is 0 Å². The molecule has 1 aliphatic rings. The number of hydrogen-bond acceptors (Lipinski definition) is 4. The lowest BCUT2D eigenvalue weighted by molar-refractivity contribution is 0.0958. The number of para-hydroxylation sites is 1. The molecule has 4 heteroatoms. The van der Waals surface area contributed by atoms with Gasteiger partial charge in [0.1, 0.15) is 12.4 Å². The van der Waals surface area contributed by atoms with Crippen LogP contribution in [0.2, 0.25) is 0 Å².